The molecule has 2 heterocycles. The zero-order valence-electron chi connectivity index (χ0n) is 11.7. The molecular formula is C14H26N2O2S. The van der Waals surface area contributed by atoms with Crippen LogP contribution in [0.15, 0.2) is 0 Å². The van der Waals surface area contributed by atoms with Crippen molar-refractivity contribution in [2.24, 2.45) is 5.92 Å². The van der Waals surface area contributed by atoms with Gasteiger partial charge in [0.25, 0.3) is 0 Å². The number of rotatable bonds is 3. The predicted octanol–water partition coefficient (Wildman–Crippen LogP) is 1.72. The highest BCUT2D eigenvalue weighted by Crippen LogP contribution is 2.38. The Morgan fingerprint density at radius 2 is 1.58 bits per heavy atom. The van der Waals surface area contributed by atoms with E-state index < -0.39 is 10.0 Å². The van der Waals surface area contributed by atoms with E-state index in [-0.39, 0.29) is 5.25 Å². The fourth-order valence-corrected chi connectivity index (χ4v) is 6.43. The van der Waals surface area contributed by atoms with E-state index in [0.29, 0.717) is 12.0 Å². The van der Waals surface area contributed by atoms with Crippen LogP contribution < -0.4 is 5.32 Å². The van der Waals surface area contributed by atoms with E-state index in [1.54, 1.807) is 0 Å². The highest BCUT2D eigenvalue weighted by atomic mass is 32.2. The molecule has 1 saturated carbocycles. The van der Waals surface area contributed by atoms with Crippen LogP contribution in [0.1, 0.15) is 51.4 Å². The summed E-state index contributed by atoms with van der Waals surface area (Å²) in [6, 6.07) is 0.322. The van der Waals surface area contributed by atoms with E-state index in [4.69, 9.17) is 0 Å². The number of nitrogens with one attached hydrogen (secondary N) is 1. The Morgan fingerprint density at radius 3 is 2.26 bits per heavy atom. The summed E-state index contributed by atoms with van der Waals surface area (Å²) < 4.78 is 27.6. The molecule has 2 aliphatic heterocycles. The van der Waals surface area contributed by atoms with Crippen LogP contribution in [-0.4, -0.2) is 43.6 Å². The van der Waals surface area contributed by atoms with Gasteiger partial charge in [-0.15, -0.1) is 0 Å². The van der Waals surface area contributed by atoms with Gasteiger partial charge in [0.05, 0.1) is 5.25 Å². The fourth-order valence-electron chi connectivity index (χ4n) is 4.18. The first-order chi connectivity index (χ1) is 9.19. The molecule has 0 bridgehead atoms. The molecule has 1 atom stereocenters. The van der Waals surface area contributed by atoms with Crippen LogP contribution >= 0.6 is 0 Å². The van der Waals surface area contributed by atoms with E-state index >= 15 is 0 Å². The summed E-state index contributed by atoms with van der Waals surface area (Å²) in [7, 11) is -3.06. The Balaban J connectivity index is 1.74. The summed E-state index contributed by atoms with van der Waals surface area (Å²) in [5.74, 6) is 0.638. The molecule has 1 N–H and O–H groups in total. The maximum absolute atomic E-state index is 12.9. The second kappa shape index (κ2) is 5.70. The largest absolute Gasteiger partial charge is 0.317 e. The van der Waals surface area contributed by atoms with Crippen molar-refractivity contribution in [2.75, 3.05) is 19.6 Å². The molecule has 5 heteroatoms. The van der Waals surface area contributed by atoms with Crippen molar-refractivity contribution >= 4 is 10.0 Å². The van der Waals surface area contributed by atoms with E-state index in [1.807, 2.05) is 4.31 Å². The first kappa shape index (κ1) is 13.8. The molecule has 3 rings (SSSR count). The second-order valence-electron chi connectivity index (χ2n) is 6.36. The smallest absolute Gasteiger partial charge is 0.217 e. The van der Waals surface area contributed by atoms with E-state index in [2.05, 4.69) is 5.32 Å². The summed E-state index contributed by atoms with van der Waals surface area (Å²) in [4.78, 5) is 0. The molecule has 2 saturated heterocycles. The van der Waals surface area contributed by atoms with Gasteiger partial charge in [-0.2, -0.15) is 4.31 Å². The molecule has 4 nitrogen and oxygen atoms in total. The van der Waals surface area contributed by atoms with Gasteiger partial charge >= 0.3 is 0 Å². The lowest BCUT2D eigenvalue weighted by molar-refractivity contribution is 0.283. The first-order valence-corrected chi connectivity index (χ1v) is 9.41. The van der Waals surface area contributed by atoms with E-state index in [9.17, 15) is 8.42 Å². The molecule has 0 aromatic rings. The molecule has 110 valence electrons. The molecule has 0 aromatic carbocycles. The summed E-state index contributed by atoms with van der Waals surface area (Å²) in [5.41, 5.74) is 0. The predicted molar refractivity (Wildman–Crippen MR) is 76.5 cm³/mol. The van der Waals surface area contributed by atoms with Gasteiger partial charge < -0.3 is 5.32 Å². The van der Waals surface area contributed by atoms with Crippen LogP contribution in [0.2, 0.25) is 0 Å². The molecule has 0 radical (unpaired) electrons. The minimum absolute atomic E-state index is 0.129. The van der Waals surface area contributed by atoms with E-state index in [1.165, 1.54) is 25.7 Å². The third-order valence-corrected chi connectivity index (χ3v) is 7.65. The Labute approximate surface area is 117 Å². The molecule has 1 aliphatic carbocycles. The Hall–Kier alpha value is -0.130. The third kappa shape index (κ3) is 2.69. The van der Waals surface area contributed by atoms with Crippen LogP contribution in [0, 0.1) is 5.92 Å². The van der Waals surface area contributed by atoms with Crippen LogP contribution in [0.4, 0.5) is 0 Å². The average molecular weight is 286 g/mol. The van der Waals surface area contributed by atoms with Crippen LogP contribution in [0.3, 0.4) is 0 Å². The Bertz CT molecular complexity index is 398. The second-order valence-corrected chi connectivity index (χ2v) is 8.52. The standard InChI is InChI=1S/C14H26N2O2S/c17-19(18,13-7-9-15-10-8-13)16-11-3-6-14(16)12-4-1-2-5-12/h12-15H,1-11H2. The lowest BCUT2D eigenvalue weighted by atomic mass is 9.97. The minimum atomic E-state index is -3.06. The van der Waals surface area contributed by atoms with Gasteiger partial charge in [-0.1, -0.05) is 12.8 Å². The van der Waals surface area contributed by atoms with Crippen molar-refractivity contribution in [1.29, 1.82) is 0 Å². The minimum Gasteiger partial charge on any atom is -0.317 e. The zero-order valence-corrected chi connectivity index (χ0v) is 12.5. The lowest BCUT2D eigenvalue weighted by Crippen LogP contribution is -2.47. The van der Waals surface area contributed by atoms with Crippen LogP contribution in [-0.2, 0) is 10.0 Å². The molecule has 0 amide bonds. The SMILES string of the molecule is O=S(=O)(C1CCNCC1)N1CCCC1C1CCCC1. The maximum Gasteiger partial charge on any atom is 0.217 e. The molecular weight excluding hydrogens is 260 g/mol. The van der Waals surface area contributed by atoms with Crippen molar-refractivity contribution < 1.29 is 8.42 Å². The average Bonchev–Trinajstić information content (AvgIpc) is 3.10. The normalized spacial score (nSPS) is 32.1. The molecule has 3 aliphatic rings. The van der Waals surface area contributed by atoms with Crippen LogP contribution in [0.5, 0.6) is 0 Å². The van der Waals surface area contributed by atoms with Gasteiger partial charge in [0.2, 0.25) is 10.0 Å². The Morgan fingerprint density at radius 1 is 0.895 bits per heavy atom. The highest BCUT2D eigenvalue weighted by molar-refractivity contribution is 7.89. The number of hydrogen-bond acceptors (Lipinski definition) is 3. The van der Waals surface area contributed by atoms with Crippen molar-refractivity contribution in [3.05, 3.63) is 0 Å². The number of piperidine rings is 1. The van der Waals surface area contributed by atoms with Crippen molar-refractivity contribution in [3.8, 4) is 0 Å². The van der Waals surface area contributed by atoms with Gasteiger partial charge in [-0.3, -0.25) is 0 Å². The topological polar surface area (TPSA) is 49.4 Å². The van der Waals surface area contributed by atoms with Crippen molar-refractivity contribution in [1.82, 2.24) is 9.62 Å². The summed E-state index contributed by atoms with van der Waals surface area (Å²) in [5, 5.41) is 3.13. The zero-order chi connectivity index (χ0) is 13.3. The molecule has 3 fully saturated rings. The van der Waals surface area contributed by atoms with Gasteiger partial charge in [0.15, 0.2) is 0 Å². The summed E-state index contributed by atoms with van der Waals surface area (Å²) in [6.45, 7) is 2.48. The third-order valence-electron chi connectivity index (χ3n) is 5.23. The highest BCUT2D eigenvalue weighted by Gasteiger charge is 2.42. The van der Waals surface area contributed by atoms with Gasteiger partial charge in [0.1, 0.15) is 0 Å². The number of nitrogens with zero attached hydrogens (tertiary/aromatic N) is 1. The van der Waals surface area contributed by atoms with Gasteiger partial charge in [-0.05, 0) is 57.5 Å². The van der Waals surface area contributed by atoms with Crippen molar-refractivity contribution in [2.45, 2.75) is 62.7 Å². The summed E-state index contributed by atoms with van der Waals surface area (Å²) >= 11 is 0. The quantitative estimate of drug-likeness (QED) is 0.859. The number of hydrogen-bond donors (Lipinski definition) is 1. The fraction of sp³-hybridized carbons (Fsp3) is 1.00. The molecule has 19 heavy (non-hydrogen) atoms. The lowest BCUT2D eigenvalue weighted by Gasteiger charge is -2.33. The Kier molecular flexibility index (Phi) is 4.15. The van der Waals surface area contributed by atoms with Gasteiger partial charge in [0, 0.05) is 12.6 Å². The van der Waals surface area contributed by atoms with Gasteiger partial charge in [-0.25, -0.2) is 8.42 Å². The summed E-state index contributed by atoms with van der Waals surface area (Å²) in [6.07, 6.45) is 8.79. The van der Waals surface area contributed by atoms with Crippen LogP contribution in [0.25, 0.3) is 0 Å². The van der Waals surface area contributed by atoms with Crippen molar-refractivity contribution in [3.63, 3.8) is 0 Å². The maximum atomic E-state index is 12.9. The monoisotopic (exact) mass is 286 g/mol. The molecule has 1 unspecified atom stereocenters. The first-order valence-electron chi connectivity index (χ1n) is 7.91. The molecule has 0 aromatic heterocycles. The number of sulfonamides is 1. The van der Waals surface area contributed by atoms with E-state index in [0.717, 1.165) is 45.3 Å². The molecule has 0 spiro atoms.